The Morgan fingerprint density at radius 1 is 1.39 bits per heavy atom. The van der Waals surface area contributed by atoms with Gasteiger partial charge >= 0.3 is 0 Å². The van der Waals surface area contributed by atoms with E-state index in [0.717, 1.165) is 41.4 Å². The maximum Gasteiger partial charge on any atom is 0.191 e. The molecule has 0 aromatic carbocycles. The number of thiazole rings is 1. The Morgan fingerprint density at radius 3 is 2.87 bits per heavy atom. The summed E-state index contributed by atoms with van der Waals surface area (Å²) in [5.41, 5.74) is 1.16. The van der Waals surface area contributed by atoms with Crippen LogP contribution in [0.15, 0.2) is 4.99 Å². The fraction of sp³-hybridized carbons (Fsp3) is 0.765. The first-order valence-electron chi connectivity index (χ1n) is 8.63. The van der Waals surface area contributed by atoms with Gasteiger partial charge < -0.3 is 10.6 Å². The van der Waals surface area contributed by atoms with Crippen molar-refractivity contribution in [2.75, 3.05) is 19.3 Å². The van der Waals surface area contributed by atoms with Crippen LogP contribution >= 0.6 is 23.1 Å². The summed E-state index contributed by atoms with van der Waals surface area (Å²) in [6.07, 6.45) is 8.39. The van der Waals surface area contributed by atoms with E-state index in [2.05, 4.69) is 42.6 Å². The number of nitrogens with one attached hydrogen (secondary N) is 2. The normalized spacial score (nSPS) is 22.2. The lowest BCUT2D eigenvalue weighted by atomic mass is 9.95. The van der Waals surface area contributed by atoms with E-state index in [9.17, 15) is 0 Å². The first kappa shape index (κ1) is 18.6. The van der Waals surface area contributed by atoms with Gasteiger partial charge in [0, 0.05) is 35.7 Å². The Labute approximate surface area is 149 Å². The number of hydrogen-bond acceptors (Lipinski definition) is 4. The lowest BCUT2D eigenvalue weighted by Crippen LogP contribution is -2.45. The number of thioether (sulfide) groups is 1. The van der Waals surface area contributed by atoms with E-state index in [1.807, 2.05) is 11.8 Å². The van der Waals surface area contributed by atoms with Crippen LogP contribution in [0, 0.1) is 13.8 Å². The number of aliphatic imine (C=N–C) groups is 1. The maximum atomic E-state index is 4.77. The molecule has 1 aliphatic carbocycles. The van der Waals surface area contributed by atoms with Crippen molar-refractivity contribution in [3.63, 3.8) is 0 Å². The second-order valence-corrected chi connectivity index (χ2v) is 8.54. The minimum absolute atomic E-state index is 0.561. The number of rotatable bonds is 6. The summed E-state index contributed by atoms with van der Waals surface area (Å²) in [5.74, 6) is 0.971. The van der Waals surface area contributed by atoms with Crippen LogP contribution in [0.25, 0.3) is 0 Å². The molecule has 23 heavy (non-hydrogen) atoms. The first-order chi connectivity index (χ1) is 11.1. The number of guanidine groups is 1. The minimum Gasteiger partial charge on any atom is -0.357 e. The van der Waals surface area contributed by atoms with E-state index in [1.54, 1.807) is 11.3 Å². The number of hydrogen-bond donors (Lipinski definition) is 2. The molecular weight excluding hydrogens is 324 g/mol. The smallest absolute Gasteiger partial charge is 0.191 e. The van der Waals surface area contributed by atoms with Gasteiger partial charge in [-0.2, -0.15) is 11.8 Å². The Hall–Kier alpha value is -0.750. The maximum absolute atomic E-state index is 4.77. The molecule has 0 saturated heterocycles. The van der Waals surface area contributed by atoms with E-state index in [1.165, 1.54) is 30.6 Å². The molecule has 1 fully saturated rings. The molecule has 2 unspecified atom stereocenters. The number of aromatic nitrogens is 1. The van der Waals surface area contributed by atoms with Crippen molar-refractivity contribution in [1.29, 1.82) is 0 Å². The second kappa shape index (κ2) is 9.52. The molecule has 2 atom stereocenters. The minimum atomic E-state index is 0.561. The van der Waals surface area contributed by atoms with Gasteiger partial charge in [-0.25, -0.2) is 4.98 Å². The van der Waals surface area contributed by atoms with Gasteiger partial charge in [-0.1, -0.05) is 6.42 Å². The molecule has 130 valence electrons. The average Bonchev–Trinajstić information content (AvgIpc) is 2.85. The predicted molar refractivity (Wildman–Crippen MR) is 104 cm³/mol. The van der Waals surface area contributed by atoms with Crippen molar-refractivity contribution < 1.29 is 0 Å². The molecule has 2 rings (SSSR count). The van der Waals surface area contributed by atoms with Gasteiger partial charge in [0.1, 0.15) is 0 Å². The first-order valence-corrected chi connectivity index (χ1v) is 10.7. The second-order valence-electron chi connectivity index (χ2n) is 6.12. The molecule has 0 amide bonds. The molecule has 0 aliphatic heterocycles. The lowest BCUT2D eigenvalue weighted by Gasteiger charge is -2.29. The van der Waals surface area contributed by atoms with E-state index in [0.29, 0.717) is 6.04 Å². The largest absolute Gasteiger partial charge is 0.357 e. The van der Waals surface area contributed by atoms with Gasteiger partial charge in [0.2, 0.25) is 0 Å². The van der Waals surface area contributed by atoms with Gasteiger partial charge in [0.25, 0.3) is 0 Å². The van der Waals surface area contributed by atoms with Gasteiger partial charge in [-0.15, -0.1) is 11.3 Å². The predicted octanol–water partition coefficient (Wildman–Crippen LogP) is 3.53. The van der Waals surface area contributed by atoms with Crippen molar-refractivity contribution >= 4 is 29.1 Å². The summed E-state index contributed by atoms with van der Waals surface area (Å²) in [6.45, 7) is 8.01. The summed E-state index contributed by atoms with van der Waals surface area (Å²) >= 11 is 3.80. The molecule has 6 heteroatoms. The highest BCUT2D eigenvalue weighted by molar-refractivity contribution is 7.99. The van der Waals surface area contributed by atoms with Crippen molar-refractivity contribution in [1.82, 2.24) is 15.6 Å². The zero-order valence-corrected chi connectivity index (χ0v) is 16.4. The van der Waals surface area contributed by atoms with E-state index in [4.69, 9.17) is 4.99 Å². The summed E-state index contributed by atoms with van der Waals surface area (Å²) in [6, 6.07) is 0.561. The molecular formula is C17H30N4S2. The van der Waals surface area contributed by atoms with E-state index in [-0.39, 0.29) is 0 Å². The summed E-state index contributed by atoms with van der Waals surface area (Å²) in [7, 11) is 0. The van der Waals surface area contributed by atoms with Crippen LogP contribution in [0.2, 0.25) is 0 Å². The zero-order valence-electron chi connectivity index (χ0n) is 14.8. The SMILES string of the molecule is CCNC(=NCCc1sc(C)nc1C)NC1CCCC(SC)C1. The molecule has 0 spiro atoms. The van der Waals surface area contributed by atoms with Crippen LogP contribution in [-0.2, 0) is 6.42 Å². The number of aryl methyl sites for hydroxylation is 2. The third-order valence-corrected chi connectivity index (χ3v) is 6.48. The fourth-order valence-electron chi connectivity index (χ4n) is 3.08. The lowest BCUT2D eigenvalue weighted by molar-refractivity contribution is 0.419. The molecule has 1 heterocycles. The number of nitrogens with zero attached hydrogens (tertiary/aromatic N) is 2. The third-order valence-electron chi connectivity index (χ3n) is 4.25. The molecule has 0 radical (unpaired) electrons. The highest BCUT2D eigenvalue weighted by Gasteiger charge is 2.21. The Bertz CT molecular complexity index is 513. The summed E-state index contributed by atoms with van der Waals surface area (Å²) in [5, 5.41) is 8.98. The Morgan fingerprint density at radius 2 is 2.22 bits per heavy atom. The van der Waals surface area contributed by atoms with Gasteiger partial charge in [0.05, 0.1) is 10.7 Å². The van der Waals surface area contributed by atoms with Crippen LogP contribution in [0.1, 0.15) is 48.2 Å². The van der Waals surface area contributed by atoms with Crippen molar-refractivity contribution in [2.45, 2.75) is 64.2 Å². The van der Waals surface area contributed by atoms with E-state index >= 15 is 0 Å². The van der Waals surface area contributed by atoms with E-state index < -0.39 is 0 Å². The van der Waals surface area contributed by atoms with Gasteiger partial charge in [-0.3, -0.25) is 4.99 Å². The summed E-state index contributed by atoms with van der Waals surface area (Å²) < 4.78 is 0. The van der Waals surface area contributed by atoms with Crippen LogP contribution < -0.4 is 10.6 Å². The van der Waals surface area contributed by atoms with Crippen molar-refractivity contribution in [2.24, 2.45) is 4.99 Å². The highest BCUT2D eigenvalue weighted by Crippen LogP contribution is 2.26. The molecule has 1 aromatic rings. The van der Waals surface area contributed by atoms with Gasteiger partial charge in [0.15, 0.2) is 5.96 Å². The van der Waals surface area contributed by atoms with Crippen LogP contribution in [-0.4, -0.2) is 41.6 Å². The third kappa shape index (κ3) is 5.99. The average molecular weight is 355 g/mol. The molecule has 0 bridgehead atoms. The standard InChI is InChI=1S/C17H30N4S2/c1-5-18-17(21-14-7-6-8-15(11-14)22-4)19-10-9-16-12(2)20-13(3)23-16/h14-15H,5-11H2,1-4H3,(H2,18,19,21). The van der Waals surface area contributed by atoms with Crippen LogP contribution in [0.3, 0.4) is 0 Å². The quantitative estimate of drug-likeness (QED) is 0.606. The molecule has 2 N–H and O–H groups in total. The zero-order chi connectivity index (χ0) is 16.7. The van der Waals surface area contributed by atoms with Crippen molar-refractivity contribution in [3.8, 4) is 0 Å². The molecule has 1 aromatic heterocycles. The monoisotopic (exact) mass is 354 g/mol. The topological polar surface area (TPSA) is 49.3 Å². The van der Waals surface area contributed by atoms with Crippen LogP contribution in [0.5, 0.6) is 0 Å². The fourth-order valence-corrected chi connectivity index (χ4v) is 4.83. The summed E-state index contributed by atoms with van der Waals surface area (Å²) in [4.78, 5) is 10.6. The highest BCUT2D eigenvalue weighted by atomic mass is 32.2. The Kier molecular flexibility index (Phi) is 7.70. The molecule has 4 nitrogen and oxygen atoms in total. The Balaban J connectivity index is 1.88. The van der Waals surface area contributed by atoms with Gasteiger partial charge in [-0.05, 0) is 46.3 Å². The van der Waals surface area contributed by atoms with Crippen LogP contribution in [0.4, 0.5) is 0 Å². The molecule has 1 saturated carbocycles. The van der Waals surface area contributed by atoms with Crippen molar-refractivity contribution in [3.05, 3.63) is 15.6 Å². The molecule has 1 aliphatic rings.